The van der Waals surface area contributed by atoms with Gasteiger partial charge in [0.1, 0.15) is 62.2 Å². The minimum atomic E-state index is -1.59. The molecule has 6 aromatic carbocycles. The van der Waals surface area contributed by atoms with Crippen LogP contribution in [0.4, 0.5) is 9.59 Å². The maximum Gasteiger partial charge on any atom is 0.408 e. The van der Waals surface area contributed by atoms with E-state index in [2.05, 4.69) is 35.6 Å². The van der Waals surface area contributed by atoms with Crippen molar-refractivity contribution in [3.8, 4) is 22.6 Å². The van der Waals surface area contributed by atoms with E-state index in [4.69, 9.17) is 28.4 Å². The highest BCUT2D eigenvalue weighted by atomic mass is 28.3. The lowest BCUT2D eigenvalue weighted by molar-refractivity contribution is -0.146. The zero-order chi connectivity index (χ0) is 52.9. The fourth-order valence-corrected chi connectivity index (χ4v) is 8.13. The molecular weight excluding hydrogens is 955 g/mol. The molecule has 3 N–H and O–H groups in total. The van der Waals surface area contributed by atoms with E-state index in [0.717, 1.165) is 28.3 Å². The summed E-state index contributed by atoms with van der Waals surface area (Å²) >= 11 is 0. The molecule has 6 rings (SSSR count). The van der Waals surface area contributed by atoms with Gasteiger partial charge in [0.15, 0.2) is 0 Å². The third-order valence-corrected chi connectivity index (χ3v) is 13.0. The average Bonchev–Trinajstić information content (AvgIpc) is 3.38. The van der Waals surface area contributed by atoms with Gasteiger partial charge in [-0.3, -0.25) is 9.59 Å². The monoisotopic (exact) mass is 1020 g/mol. The standard InChI is InChI=1S/C59H67N3O11Si/c1-59(2,3)73-58(67)61-50(55(64)60-37-54(63)71-40-44-23-15-9-16-24-44)35-48-33-46(27-29-52(48)69-38-42-19-11-7-12-20-42)47-28-30-53(70-39-43-21-13-8-14-22-43)49(34-47)36-51(56(65)68-31-32-74(4,5)6)62-57(66)72-41-45-25-17-10-18-26-45/h7-30,33-34,50-51H,31-32,35-41H2,1-6H3,(H,60,64)(H,61,67)(H,62,66)/t50-,51-/m0/s1. The molecule has 0 bridgehead atoms. The number of ether oxygens (including phenoxy) is 6. The lowest BCUT2D eigenvalue weighted by Gasteiger charge is -2.24. The highest BCUT2D eigenvalue weighted by Crippen LogP contribution is 2.33. The Kier molecular flexibility index (Phi) is 20.4. The number of rotatable bonds is 24. The fourth-order valence-electron chi connectivity index (χ4n) is 7.42. The van der Waals surface area contributed by atoms with Crippen LogP contribution in [0.15, 0.2) is 158 Å². The molecule has 15 heteroatoms. The summed E-state index contributed by atoms with van der Waals surface area (Å²) in [6.45, 7) is 11.9. The summed E-state index contributed by atoms with van der Waals surface area (Å²) in [7, 11) is -1.59. The van der Waals surface area contributed by atoms with E-state index in [0.29, 0.717) is 33.8 Å². The molecule has 0 aromatic heterocycles. The Bertz CT molecular complexity index is 2770. The first-order valence-electron chi connectivity index (χ1n) is 24.7. The van der Waals surface area contributed by atoms with Gasteiger partial charge in [-0.05, 0) is 95.6 Å². The number of hydrogen-bond acceptors (Lipinski definition) is 11. The normalized spacial score (nSPS) is 12.0. The summed E-state index contributed by atoms with van der Waals surface area (Å²) in [4.78, 5) is 67.7. The second-order valence-corrected chi connectivity index (χ2v) is 25.5. The zero-order valence-electron chi connectivity index (χ0n) is 43.0. The SMILES string of the molecule is CC(C)(C)OC(=O)N[C@@H](Cc1cc(-c2ccc(OCc3ccccc3)c(C[C@H](NC(=O)OCc3ccccc3)C(=O)OCC[Si](C)(C)C)c2)ccc1OCc1ccccc1)C(=O)NCC(=O)OCc1ccccc1. The minimum absolute atomic E-state index is 0.00448. The number of amides is 3. The Morgan fingerprint density at radius 1 is 0.514 bits per heavy atom. The Labute approximate surface area is 435 Å². The van der Waals surface area contributed by atoms with Crippen molar-refractivity contribution in [2.45, 2.75) is 103 Å². The van der Waals surface area contributed by atoms with Crippen LogP contribution in [0, 0.1) is 0 Å². The lowest BCUT2D eigenvalue weighted by Crippen LogP contribution is -2.50. The molecule has 0 saturated heterocycles. The molecule has 0 spiro atoms. The molecule has 0 aliphatic heterocycles. The van der Waals surface area contributed by atoms with Crippen molar-refractivity contribution in [2.24, 2.45) is 0 Å². The third kappa shape index (κ3) is 19.3. The fraction of sp³-hybridized carbons (Fsp3) is 0.305. The minimum Gasteiger partial charge on any atom is -0.489 e. The van der Waals surface area contributed by atoms with E-state index >= 15 is 0 Å². The summed E-state index contributed by atoms with van der Waals surface area (Å²) in [5, 5.41) is 8.12. The predicted octanol–water partition coefficient (Wildman–Crippen LogP) is 10.5. The lowest BCUT2D eigenvalue weighted by atomic mass is 9.95. The molecule has 0 saturated carbocycles. The number of hydrogen-bond donors (Lipinski definition) is 3. The molecule has 0 heterocycles. The summed E-state index contributed by atoms with van der Waals surface area (Å²) < 4.78 is 35.2. The maximum absolute atomic E-state index is 14.1. The van der Waals surface area contributed by atoms with Gasteiger partial charge in [-0.15, -0.1) is 0 Å². The first-order chi connectivity index (χ1) is 35.5. The Morgan fingerprint density at radius 2 is 0.946 bits per heavy atom. The average molecular weight is 1020 g/mol. The van der Waals surface area contributed by atoms with Crippen LogP contribution in [0.3, 0.4) is 0 Å². The predicted molar refractivity (Wildman–Crippen MR) is 286 cm³/mol. The van der Waals surface area contributed by atoms with Crippen LogP contribution in [-0.4, -0.2) is 68.9 Å². The van der Waals surface area contributed by atoms with Crippen molar-refractivity contribution in [1.29, 1.82) is 0 Å². The zero-order valence-corrected chi connectivity index (χ0v) is 44.0. The van der Waals surface area contributed by atoms with Gasteiger partial charge in [0.05, 0.1) is 6.61 Å². The molecule has 2 atom stereocenters. The number of carbonyl (C=O) groups is 5. The molecule has 0 radical (unpaired) electrons. The number of carbonyl (C=O) groups excluding carboxylic acids is 5. The van der Waals surface area contributed by atoms with E-state index in [1.807, 2.05) is 152 Å². The van der Waals surface area contributed by atoms with Crippen LogP contribution in [0.25, 0.3) is 11.1 Å². The molecule has 0 unspecified atom stereocenters. The molecule has 0 fully saturated rings. The molecule has 0 aliphatic carbocycles. The first-order valence-corrected chi connectivity index (χ1v) is 28.4. The van der Waals surface area contributed by atoms with Gasteiger partial charge in [-0.2, -0.15) is 0 Å². The Balaban J connectivity index is 1.34. The van der Waals surface area contributed by atoms with Crippen molar-refractivity contribution in [3.63, 3.8) is 0 Å². The summed E-state index contributed by atoms with van der Waals surface area (Å²) in [6, 6.07) is 47.0. The van der Waals surface area contributed by atoms with Crippen LogP contribution >= 0.6 is 0 Å². The smallest absolute Gasteiger partial charge is 0.408 e. The quantitative estimate of drug-likeness (QED) is 0.0299. The molecule has 3 amide bonds. The number of esters is 2. The number of benzene rings is 6. The third-order valence-electron chi connectivity index (χ3n) is 11.3. The van der Waals surface area contributed by atoms with Crippen molar-refractivity contribution in [3.05, 3.63) is 191 Å². The highest BCUT2D eigenvalue weighted by Gasteiger charge is 2.29. The van der Waals surface area contributed by atoms with E-state index in [-0.39, 0.29) is 45.9 Å². The van der Waals surface area contributed by atoms with Crippen molar-refractivity contribution in [2.75, 3.05) is 13.2 Å². The van der Waals surface area contributed by atoms with Crippen LogP contribution < -0.4 is 25.4 Å². The molecule has 74 heavy (non-hydrogen) atoms. The van der Waals surface area contributed by atoms with E-state index in [9.17, 15) is 24.0 Å². The summed E-state index contributed by atoms with van der Waals surface area (Å²) in [5.41, 5.74) is 5.02. The van der Waals surface area contributed by atoms with Crippen LogP contribution in [0.1, 0.15) is 54.2 Å². The largest absolute Gasteiger partial charge is 0.489 e. The van der Waals surface area contributed by atoms with Gasteiger partial charge < -0.3 is 44.4 Å². The summed E-state index contributed by atoms with van der Waals surface area (Å²) in [5.74, 6) is -1.04. The van der Waals surface area contributed by atoms with Crippen LogP contribution in [0.5, 0.6) is 11.5 Å². The first kappa shape index (κ1) is 55.4. The van der Waals surface area contributed by atoms with Gasteiger partial charge in [-0.25, -0.2) is 14.4 Å². The second-order valence-electron chi connectivity index (χ2n) is 19.9. The molecular formula is C59H67N3O11Si. The van der Waals surface area contributed by atoms with E-state index in [1.165, 1.54) is 0 Å². The topological polar surface area (TPSA) is 177 Å². The molecule has 388 valence electrons. The van der Waals surface area contributed by atoms with E-state index < -0.39 is 62.3 Å². The van der Waals surface area contributed by atoms with Gasteiger partial charge in [0.2, 0.25) is 5.91 Å². The molecule has 6 aromatic rings. The summed E-state index contributed by atoms with van der Waals surface area (Å²) in [6.07, 6.45) is -1.74. The van der Waals surface area contributed by atoms with Gasteiger partial charge >= 0.3 is 24.1 Å². The maximum atomic E-state index is 14.1. The van der Waals surface area contributed by atoms with Crippen LogP contribution in [0.2, 0.25) is 25.7 Å². The Hall–Kier alpha value is -7.91. The molecule has 14 nitrogen and oxygen atoms in total. The molecule has 0 aliphatic rings. The number of nitrogens with one attached hydrogen (secondary N) is 3. The second kappa shape index (κ2) is 27.2. The van der Waals surface area contributed by atoms with Crippen molar-refractivity contribution >= 4 is 38.1 Å². The van der Waals surface area contributed by atoms with Gasteiger partial charge in [-0.1, -0.05) is 153 Å². The van der Waals surface area contributed by atoms with Crippen LogP contribution in [-0.2, 0) is 72.6 Å². The van der Waals surface area contributed by atoms with Crippen molar-refractivity contribution < 1.29 is 52.4 Å². The van der Waals surface area contributed by atoms with E-state index in [1.54, 1.807) is 26.8 Å². The van der Waals surface area contributed by atoms with Crippen molar-refractivity contribution in [1.82, 2.24) is 16.0 Å². The van der Waals surface area contributed by atoms with Gasteiger partial charge in [0.25, 0.3) is 0 Å². The highest BCUT2D eigenvalue weighted by molar-refractivity contribution is 6.76. The Morgan fingerprint density at radius 3 is 1.41 bits per heavy atom. The number of alkyl carbamates (subject to hydrolysis) is 2. The van der Waals surface area contributed by atoms with Gasteiger partial charge in [0, 0.05) is 20.9 Å².